The first-order valence-electron chi connectivity index (χ1n) is 7.40. The summed E-state index contributed by atoms with van der Waals surface area (Å²) in [5.41, 5.74) is 5.83. The highest BCUT2D eigenvalue weighted by atomic mass is 16.4. The number of rotatable bonds is 8. The van der Waals surface area contributed by atoms with E-state index in [0.29, 0.717) is 12.3 Å². The van der Waals surface area contributed by atoms with Gasteiger partial charge in [-0.25, -0.2) is 4.79 Å². The van der Waals surface area contributed by atoms with Crippen molar-refractivity contribution in [2.45, 2.75) is 63.5 Å². The zero-order chi connectivity index (χ0) is 15.8. The molecule has 0 aliphatic heterocycles. The smallest absolute Gasteiger partial charge is 0.326 e. The SMILES string of the molecule is N[C@@H](CC1CCCCC1)C(=O)N[C@H](CCC(=O)O)C(=O)O. The fourth-order valence-electron chi connectivity index (χ4n) is 2.69. The molecule has 0 aromatic carbocycles. The fraction of sp³-hybridized carbons (Fsp3) is 0.786. The molecule has 1 aliphatic carbocycles. The van der Waals surface area contributed by atoms with Gasteiger partial charge in [0.05, 0.1) is 6.04 Å². The summed E-state index contributed by atoms with van der Waals surface area (Å²) in [5, 5.41) is 19.9. The maximum absolute atomic E-state index is 11.9. The minimum Gasteiger partial charge on any atom is -0.481 e. The second-order valence-corrected chi connectivity index (χ2v) is 5.68. The summed E-state index contributed by atoms with van der Waals surface area (Å²) in [5.74, 6) is -2.43. The summed E-state index contributed by atoms with van der Waals surface area (Å²) in [6.45, 7) is 0. The number of carbonyl (C=O) groups is 3. The first-order valence-corrected chi connectivity index (χ1v) is 7.40. The lowest BCUT2D eigenvalue weighted by Gasteiger charge is -2.25. The zero-order valence-electron chi connectivity index (χ0n) is 12.1. The molecule has 1 rings (SSSR count). The van der Waals surface area contributed by atoms with E-state index in [-0.39, 0.29) is 12.8 Å². The molecule has 120 valence electrons. The molecule has 0 radical (unpaired) electrons. The molecule has 0 bridgehead atoms. The predicted molar refractivity (Wildman–Crippen MR) is 75.6 cm³/mol. The molecule has 7 heteroatoms. The number of amides is 1. The number of carboxylic acids is 2. The van der Waals surface area contributed by atoms with Crippen LogP contribution in [0.3, 0.4) is 0 Å². The van der Waals surface area contributed by atoms with E-state index in [1.165, 1.54) is 6.42 Å². The van der Waals surface area contributed by atoms with Crippen LogP contribution in [0.4, 0.5) is 0 Å². The summed E-state index contributed by atoms with van der Waals surface area (Å²) >= 11 is 0. The van der Waals surface area contributed by atoms with E-state index < -0.39 is 29.9 Å². The van der Waals surface area contributed by atoms with E-state index in [9.17, 15) is 14.4 Å². The van der Waals surface area contributed by atoms with Gasteiger partial charge in [-0.2, -0.15) is 0 Å². The molecule has 7 nitrogen and oxygen atoms in total. The molecule has 0 aromatic rings. The third kappa shape index (κ3) is 6.57. The van der Waals surface area contributed by atoms with E-state index >= 15 is 0 Å². The number of hydrogen-bond acceptors (Lipinski definition) is 4. The van der Waals surface area contributed by atoms with Crippen LogP contribution in [0.1, 0.15) is 51.4 Å². The Morgan fingerprint density at radius 1 is 1.14 bits per heavy atom. The maximum Gasteiger partial charge on any atom is 0.326 e. The Morgan fingerprint density at radius 3 is 2.29 bits per heavy atom. The van der Waals surface area contributed by atoms with Crippen molar-refractivity contribution < 1.29 is 24.6 Å². The van der Waals surface area contributed by atoms with E-state index in [2.05, 4.69) is 5.32 Å². The third-order valence-corrected chi connectivity index (χ3v) is 3.91. The molecule has 5 N–H and O–H groups in total. The van der Waals surface area contributed by atoms with Crippen molar-refractivity contribution >= 4 is 17.8 Å². The van der Waals surface area contributed by atoms with Crippen molar-refractivity contribution in [1.29, 1.82) is 0 Å². The van der Waals surface area contributed by atoms with Gasteiger partial charge in [0.1, 0.15) is 6.04 Å². The lowest BCUT2D eigenvalue weighted by molar-refractivity contribution is -0.143. The molecule has 0 spiro atoms. The van der Waals surface area contributed by atoms with Gasteiger partial charge in [-0.15, -0.1) is 0 Å². The Labute approximate surface area is 123 Å². The van der Waals surface area contributed by atoms with Crippen molar-refractivity contribution in [2.75, 3.05) is 0 Å². The van der Waals surface area contributed by atoms with Gasteiger partial charge in [0.15, 0.2) is 0 Å². The van der Waals surface area contributed by atoms with Crippen LogP contribution in [0.2, 0.25) is 0 Å². The number of hydrogen-bond donors (Lipinski definition) is 4. The van der Waals surface area contributed by atoms with Crippen LogP contribution in [-0.4, -0.2) is 40.1 Å². The number of carbonyl (C=O) groups excluding carboxylic acids is 1. The van der Waals surface area contributed by atoms with Crippen molar-refractivity contribution in [3.8, 4) is 0 Å². The molecule has 1 saturated carbocycles. The average molecular weight is 300 g/mol. The molecule has 21 heavy (non-hydrogen) atoms. The van der Waals surface area contributed by atoms with E-state index in [4.69, 9.17) is 15.9 Å². The summed E-state index contributed by atoms with van der Waals surface area (Å²) in [7, 11) is 0. The fourth-order valence-corrected chi connectivity index (χ4v) is 2.69. The summed E-state index contributed by atoms with van der Waals surface area (Å²) in [6, 6.07) is -1.94. The largest absolute Gasteiger partial charge is 0.481 e. The molecule has 0 unspecified atom stereocenters. The number of nitrogens with one attached hydrogen (secondary N) is 1. The summed E-state index contributed by atoms with van der Waals surface area (Å²) in [6.07, 6.45) is 5.72. The minimum absolute atomic E-state index is 0.146. The van der Waals surface area contributed by atoms with Crippen LogP contribution in [0.5, 0.6) is 0 Å². The molecule has 2 atom stereocenters. The lowest BCUT2D eigenvalue weighted by Crippen LogP contribution is -2.49. The van der Waals surface area contributed by atoms with Crippen LogP contribution in [-0.2, 0) is 14.4 Å². The normalized spacial score (nSPS) is 18.7. The maximum atomic E-state index is 11.9. The van der Waals surface area contributed by atoms with Crippen LogP contribution in [0.25, 0.3) is 0 Å². The van der Waals surface area contributed by atoms with Gasteiger partial charge in [0, 0.05) is 6.42 Å². The highest BCUT2D eigenvalue weighted by Gasteiger charge is 2.26. The van der Waals surface area contributed by atoms with Crippen molar-refractivity contribution in [2.24, 2.45) is 11.7 Å². The molecule has 1 fully saturated rings. The van der Waals surface area contributed by atoms with E-state index in [0.717, 1.165) is 25.7 Å². The minimum atomic E-state index is -1.24. The molecule has 1 aliphatic rings. The number of carboxylic acid groups (broad SMARTS) is 2. The van der Waals surface area contributed by atoms with Gasteiger partial charge in [-0.3, -0.25) is 9.59 Å². The van der Waals surface area contributed by atoms with Gasteiger partial charge in [0.2, 0.25) is 5.91 Å². The van der Waals surface area contributed by atoms with Gasteiger partial charge >= 0.3 is 11.9 Å². The molecular formula is C14H24N2O5. The quantitative estimate of drug-likeness (QED) is 0.522. The van der Waals surface area contributed by atoms with Crippen LogP contribution >= 0.6 is 0 Å². The van der Waals surface area contributed by atoms with Crippen molar-refractivity contribution in [3.63, 3.8) is 0 Å². The first-order chi connectivity index (χ1) is 9.90. The second-order valence-electron chi connectivity index (χ2n) is 5.68. The van der Waals surface area contributed by atoms with Gasteiger partial charge in [-0.05, 0) is 18.8 Å². The number of nitrogens with two attached hydrogens (primary N) is 1. The van der Waals surface area contributed by atoms with Crippen molar-refractivity contribution in [3.05, 3.63) is 0 Å². The Bertz CT molecular complexity index is 380. The topological polar surface area (TPSA) is 130 Å². The summed E-state index contributed by atoms with van der Waals surface area (Å²) in [4.78, 5) is 33.4. The molecule has 0 saturated heterocycles. The highest BCUT2D eigenvalue weighted by molar-refractivity contribution is 5.87. The monoisotopic (exact) mass is 300 g/mol. The predicted octanol–water partition coefficient (Wildman–Crippen LogP) is 0.718. The lowest BCUT2D eigenvalue weighted by atomic mass is 9.85. The van der Waals surface area contributed by atoms with Crippen LogP contribution in [0.15, 0.2) is 0 Å². The summed E-state index contributed by atoms with van der Waals surface area (Å²) < 4.78 is 0. The van der Waals surface area contributed by atoms with Crippen LogP contribution in [0, 0.1) is 5.92 Å². The third-order valence-electron chi connectivity index (χ3n) is 3.91. The Morgan fingerprint density at radius 2 is 1.76 bits per heavy atom. The second kappa shape index (κ2) is 8.61. The average Bonchev–Trinajstić information content (AvgIpc) is 2.43. The molecule has 1 amide bonds. The Balaban J connectivity index is 2.43. The van der Waals surface area contributed by atoms with Gasteiger partial charge in [0.25, 0.3) is 0 Å². The molecule has 0 heterocycles. The first kappa shape index (κ1) is 17.4. The molecular weight excluding hydrogens is 276 g/mol. The number of aliphatic carboxylic acids is 2. The van der Waals surface area contributed by atoms with E-state index in [1.54, 1.807) is 0 Å². The van der Waals surface area contributed by atoms with Gasteiger partial charge in [-0.1, -0.05) is 32.1 Å². The Hall–Kier alpha value is -1.63. The Kier molecular flexibility index (Phi) is 7.14. The van der Waals surface area contributed by atoms with Crippen molar-refractivity contribution in [1.82, 2.24) is 5.32 Å². The standard InChI is InChI=1S/C14H24N2O5/c15-10(8-9-4-2-1-3-5-9)13(19)16-11(14(20)21)6-7-12(17)18/h9-11H,1-8,15H2,(H,16,19)(H,17,18)(H,20,21)/t10-,11+/m0/s1. The molecule has 0 aromatic heterocycles. The van der Waals surface area contributed by atoms with Gasteiger partial charge < -0.3 is 21.3 Å². The zero-order valence-corrected chi connectivity index (χ0v) is 12.1. The highest BCUT2D eigenvalue weighted by Crippen LogP contribution is 2.26. The van der Waals surface area contributed by atoms with E-state index in [1.807, 2.05) is 0 Å². The van der Waals surface area contributed by atoms with Crippen LogP contribution < -0.4 is 11.1 Å².